The molecular formula is C19H26N2O4. The van der Waals surface area contributed by atoms with E-state index in [1.165, 1.54) is 0 Å². The van der Waals surface area contributed by atoms with Gasteiger partial charge in [0.25, 0.3) is 5.91 Å². The van der Waals surface area contributed by atoms with Crippen LogP contribution in [0.2, 0.25) is 0 Å². The molecule has 2 aliphatic rings. The van der Waals surface area contributed by atoms with Crippen LogP contribution in [0.1, 0.15) is 35.2 Å². The summed E-state index contributed by atoms with van der Waals surface area (Å²) in [6.07, 6.45) is 2.47. The summed E-state index contributed by atoms with van der Waals surface area (Å²) in [7, 11) is 1.59. The number of likely N-dealkylation sites (tertiary alicyclic amines) is 1. The first-order valence-corrected chi connectivity index (χ1v) is 8.83. The van der Waals surface area contributed by atoms with E-state index in [9.17, 15) is 9.59 Å². The van der Waals surface area contributed by atoms with Crippen molar-refractivity contribution in [2.24, 2.45) is 0 Å². The van der Waals surface area contributed by atoms with Gasteiger partial charge in [0.1, 0.15) is 6.61 Å². The molecule has 3 rings (SSSR count). The minimum Gasteiger partial charge on any atom is -0.370 e. The molecule has 25 heavy (non-hydrogen) atoms. The molecule has 1 aromatic carbocycles. The van der Waals surface area contributed by atoms with Crippen LogP contribution >= 0.6 is 0 Å². The number of likely N-dealkylation sites (N-methyl/N-ethyl adjacent to an activating group) is 1. The fourth-order valence-electron chi connectivity index (χ4n) is 3.61. The van der Waals surface area contributed by atoms with Crippen molar-refractivity contribution in [1.29, 1.82) is 0 Å². The van der Waals surface area contributed by atoms with Crippen LogP contribution in [-0.4, -0.2) is 61.8 Å². The molecule has 2 fully saturated rings. The van der Waals surface area contributed by atoms with Gasteiger partial charge in [0.15, 0.2) is 0 Å². The summed E-state index contributed by atoms with van der Waals surface area (Å²) >= 11 is 0. The number of aryl methyl sites for hydroxylation is 1. The molecule has 1 N–H and O–H groups in total. The summed E-state index contributed by atoms with van der Waals surface area (Å²) in [5.41, 5.74) is 1.52. The highest BCUT2D eigenvalue weighted by Gasteiger charge is 2.45. The Labute approximate surface area is 148 Å². The first-order valence-electron chi connectivity index (χ1n) is 8.83. The lowest BCUT2D eigenvalue weighted by atomic mass is 9.89. The van der Waals surface area contributed by atoms with Gasteiger partial charge in [-0.2, -0.15) is 0 Å². The Morgan fingerprint density at radius 2 is 2.12 bits per heavy atom. The van der Waals surface area contributed by atoms with Gasteiger partial charge >= 0.3 is 0 Å². The van der Waals surface area contributed by atoms with Crippen molar-refractivity contribution >= 4 is 11.8 Å². The molecule has 136 valence electrons. The summed E-state index contributed by atoms with van der Waals surface area (Å²) in [4.78, 5) is 26.0. The fraction of sp³-hybridized carbons (Fsp3) is 0.579. The van der Waals surface area contributed by atoms with E-state index in [1.54, 1.807) is 7.05 Å². The number of hydrogen-bond acceptors (Lipinski definition) is 4. The quantitative estimate of drug-likeness (QED) is 0.898. The van der Waals surface area contributed by atoms with Crippen molar-refractivity contribution in [2.75, 3.05) is 33.4 Å². The minimum atomic E-state index is -0.341. The Balaban J connectivity index is 1.60. The maximum atomic E-state index is 12.8. The zero-order valence-electron chi connectivity index (χ0n) is 14.9. The van der Waals surface area contributed by atoms with Gasteiger partial charge in [-0.25, -0.2) is 0 Å². The van der Waals surface area contributed by atoms with E-state index in [0.29, 0.717) is 18.7 Å². The second-order valence-electron chi connectivity index (χ2n) is 7.00. The lowest BCUT2D eigenvalue weighted by Gasteiger charge is -2.39. The Kier molecular flexibility index (Phi) is 5.39. The zero-order valence-corrected chi connectivity index (χ0v) is 14.9. The van der Waals surface area contributed by atoms with Crippen LogP contribution < -0.4 is 5.32 Å². The average molecular weight is 346 g/mol. The average Bonchev–Trinajstić information content (AvgIpc) is 3.02. The molecule has 1 aromatic rings. The van der Waals surface area contributed by atoms with Crippen LogP contribution in [0.5, 0.6) is 0 Å². The summed E-state index contributed by atoms with van der Waals surface area (Å²) in [5.74, 6) is -0.0850. The van der Waals surface area contributed by atoms with Gasteiger partial charge in [0, 0.05) is 25.6 Å². The van der Waals surface area contributed by atoms with Crippen LogP contribution in [0.15, 0.2) is 24.3 Å². The second-order valence-corrected chi connectivity index (χ2v) is 7.00. The maximum absolute atomic E-state index is 12.8. The molecule has 1 spiro atoms. The Bertz CT molecular complexity index is 631. The predicted molar refractivity (Wildman–Crippen MR) is 93.4 cm³/mol. The molecule has 2 atom stereocenters. The number of amides is 2. The zero-order chi connectivity index (χ0) is 17.9. The van der Waals surface area contributed by atoms with E-state index in [2.05, 4.69) is 5.32 Å². The van der Waals surface area contributed by atoms with Crippen molar-refractivity contribution < 1.29 is 19.1 Å². The second kappa shape index (κ2) is 7.54. The lowest BCUT2D eigenvalue weighted by molar-refractivity contribution is -0.127. The van der Waals surface area contributed by atoms with Gasteiger partial charge in [-0.1, -0.05) is 17.7 Å². The molecule has 2 aliphatic heterocycles. The SMILES string of the molecule is CNC(=O)CO[C@@H]1CO[C@@]2(CCCN(C(=O)c3ccc(C)cc3)C2)C1. The van der Waals surface area contributed by atoms with Crippen molar-refractivity contribution in [3.63, 3.8) is 0 Å². The third-order valence-electron chi connectivity index (χ3n) is 5.03. The molecule has 0 aliphatic carbocycles. The van der Waals surface area contributed by atoms with E-state index >= 15 is 0 Å². The summed E-state index contributed by atoms with van der Waals surface area (Å²) in [6, 6.07) is 7.68. The first-order chi connectivity index (χ1) is 12.0. The molecule has 6 heteroatoms. The van der Waals surface area contributed by atoms with E-state index in [1.807, 2.05) is 36.1 Å². The molecule has 0 radical (unpaired) electrons. The molecular weight excluding hydrogens is 320 g/mol. The summed E-state index contributed by atoms with van der Waals surface area (Å²) in [6.45, 7) is 3.87. The standard InChI is InChI=1S/C19H26N2O4/c1-14-4-6-15(7-5-14)18(23)21-9-3-8-19(13-21)10-16(11-25-19)24-12-17(22)20-2/h4-7,16H,3,8-13H2,1-2H3,(H,20,22)/t16-,19-/m0/s1. The summed E-state index contributed by atoms with van der Waals surface area (Å²) < 4.78 is 11.7. The topological polar surface area (TPSA) is 67.9 Å². The largest absolute Gasteiger partial charge is 0.370 e. The molecule has 0 bridgehead atoms. The maximum Gasteiger partial charge on any atom is 0.253 e. The molecule has 0 saturated carbocycles. The monoisotopic (exact) mass is 346 g/mol. The highest BCUT2D eigenvalue weighted by Crippen LogP contribution is 2.36. The number of rotatable bonds is 4. The summed E-state index contributed by atoms with van der Waals surface area (Å²) in [5, 5.41) is 2.55. The molecule has 2 heterocycles. The molecule has 0 unspecified atom stereocenters. The van der Waals surface area contributed by atoms with Crippen LogP contribution in [0.4, 0.5) is 0 Å². The smallest absolute Gasteiger partial charge is 0.253 e. The van der Waals surface area contributed by atoms with Crippen molar-refractivity contribution in [3.8, 4) is 0 Å². The first kappa shape index (κ1) is 17.9. The Morgan fingerprint density at radius 1 is 1.36 bits per heavy atom. The van der Waals surface area contributed by atoms with Crippen LogP contribution in [0.25, 0.3) is 0 Å². The van der Waals surface area contributed by atoms with E-state index in [0.717, 1.165) is 31.4 Å². The van der Waals surface area contributed by atoms with Gasteiger partial charge in [0.05, 0.1) is 24.9 Å². The van der Waals surface area contributed by atoms with Crippen molar-refractivity contribution in [3.05, 3.63) is 35.4 Å². The van der Waals surface area contributed by atoms with Crippen molar-refractivity contribution in [2.45, 2.75) is 37.9 Å². The van der Waals surface area contributed by atoms with E-state index < -0.39 is 0 Å². The number of benzene rings is 1. The van der Waals surface area contributed by atoms with Gasteiger partial charge in [-0.3, -0.25) is 9.59 Å². The van der Waals surface area contributed by atoms with Gasteiger partial charge in [-0.05, 0) is 31.9 Å². The molecule has 2 amide bonds. The normalized spacial score (nSPS) is 26.0. The van der Waals surface area contributed by atoms with Crippen LogP contribution in [0, 0.1) is 6.92 Å². The molecule has 0 aromatic heterocycles. The number of carbonyl (C=O) groups excluding carboxylic acids is 2. The third kappa shape index (κ3) is 4.19. The molecule has 2 saturated heterocycles. The number of carbonyl (C=O) groups is 2. The highest BCUT2D eigenvalue weighted by molar-refractivity contribution is 5.94. The van der Waals surface area contributed by atoms with Gasteiger partial charge < -0.3 is 19.7 Å². The Morgan fingerprint density at radius 3 is 2.84 bits per heavy atom. The van der Waals surface area contributed by atoms with E-state index in [4.69, 9.17) is 9.47 Å². The van der Waals surface area contributed by atoms with Crippen LogP contribution in [-0.2, 0) is 14.3 Å². The molecule has 6 nitrogen and oxygen atoms in total. The number of nitrogens with one attached hydrogen (secondary N) is 1. The number of nitrogens with zero attached hydrogens (tertiary/aromatic N) is 1. The number of hydrogen-bond donors (Lipinski definition) is 1. The number of piperidine rings is 1. The van der Waals surface area contributed by atoms with Gasteiger partial charge in [0.2, 0.25) is 5.91 Å². The number of ether oxygens (including phenoxy) is 2. The highest BCUT2D eigenvalue weighted by atomic mass is 16.6. The van der Waals surface area contributed by atoms with Gasteiger partial charge in [-0.15, -0.1) is 0 Å². The fourth-order valence-corrected chi connectivity index (χ4v) is 3.61. The van der Waals surface area contributed by atoms with Crippen molar-refractivity contribution in [1.82, 2.24) is 10.2 Å². The lowest BCUT2D eigenvalue weighted by Crippen LogP contribution is -2.50. The Hall–Kier alpha value is -1.92. The third-order valence-corrected chi connectivity index (χ3v) is 5.03. The predicted octanol–water partition coefficient (Wildman–Crippen LogP) is 1.52. The van der Waals surface area contributed by atoms with E-state index in [-0.39, 0.29) is 30.1 Å². The minimum absolute atomic E-state index is 0.0482. The van der Waals surface area contributed by atoms with Crippen LogP contribution in [0.3, 0.4) is 0 Å².